The van der Waals surface area contributed by atoms with Gasteiger partial charge in [0.25, 0.3) is 0 Å². The summed E-state index contributed by atoms with van der Waals surface area (Å²) in [6.07, 6.45) is -5.12. The zero-order valence-electron chi connectivity index (χ0n) is 20.1. The van der Waals surface area contributed by atoms with E-state index in [1.54, 1.807) is 67.0 Å². The van der Waals surface area contributed by atoms with Crippen molar-refractivity contribution in [1.82, 2.24) is 15.1 Å². The van der Waals surface area contributed by atoms with Gasteiger partial charge in [0.1, 0.15) is 11.4 Å². The summed E-state index contributed by atoms with van der Waals surface area (Å²) in [4.78, 5) is 15.7. The van der Waals surface area contributed by atoms with Gasteiger partial charge in [-0.3, -0.25) is 0 Å². The summed E-state index contributed by atoms with van der Waals surface area (Å²) in [5.74, 6) is -0.0723. The van der Waals surface area contributed by atoms with Crippen molar-refractivity contribution >= 4 is 11.9 Å². The van der Waals surface area contributed by atoms with E-state index in [0.29, 0.717) is 37.6 Å². The Morgan fingerprint density at radius 2 is 1.36 bits per heavy atom. The molecule has 36 heavy (non-hydrogen) atoms. The molecule has 0 radical (unpaired) electrons. The Labute approximate surface area is 206 Å². The first kappa shape index (κ1) is 25.4. The van der Waals surface area contributed by atoms with E-state index in [9.17, 15) is 22.4 Å². The second-order valence-corrected chi connectivity index (χ2v) is 9.50. The number of anilines is 1. The quantitative estimate of drug-likeness (QED) is 0.410. The monoisotopic (exact) mass is 502 g/mol. The van der Waals surface area contributed by atoms with E-state index >= 15 is 0 Å². The number of aromatic nitrogens is 2. The maximum Gasteiger partial charge on any atom is 0.435 e. The fourth-order valence-corrected chi connectivity index (χ4v) is 3.89. The zero-order chi connectivity index (χ0) is 26.1. The summed E-state index contributed by atoms with van der Waals surface area (Å²) < 4.78 is 59.9. The molecule has 1 fully saturated rings. The van der Waals surface area contributed by atoms with Crippen molar-refractivity contribution in [3.05, 3.63) is 66.1 Å². The number of ether oxygens (including phenoxy) is 1. The van der Waals surface area contributed by atoms with Crippen molar-refractivity contribution in [3.63, 3.8) is 0 Å². The van der Waals surface area contributed by atoms with Gasteiger partial charge < -0.3 is 14.5 Å². The number of alkyl halides is 3. The molecule has 2 aromatic carbocycles. The van der Waals surface area contributed by atoms with Crippen LogP contribution in [0.5, 0.6) is 0 Å². The lowest BCUT2D eigenvalue weighted by molar-refractivity contribution is -0.141. The molecule has 1 aromatic heterocycles. The number of hydrogen-bond donors (Lipinski definition) is 0. The smallest absolute Gasteiger partial charge is 0.435 e. The number of nitrogens with zero attached hydrogens (tertiary/aromatic N) is 4. The fraction of sp³-hybridized carbons (Fsp3) is 0.346. The molecule has 0 unspecified atom stereocenters. The first-order valence-corrected chi connectivity index (χ1v) is 11.4. The Hall–Kier alpha value is -3.69. The Balaban J connectivity index is 1.57. The number of carbonyl (C=O) groups excluding carboxylic acids is 1. The molecule has 1 saturated heterocycles. The molecule has 1 amide bonds. The van der Waals surface area contributed by atoms with E-state index in [4.69, 9.17) is 4.74 Å². The first-order valence-electron chi connectivity index (χ1n) is 11.4. The fourth-order valence-electron chi connectivity index (χ4n) is 3.89. The lowest BCUT2D eigenvalue weighted by Crippen LogP contribution is -2.50. The lowest BCUT2D eigenvalue weighted by atomic mass is 9.99. The number of piperazine rings is 1. The molecular formula is C26H26F4N4O2. The van der Waals surface area contributed by atoms with E-state index in [2.05, 4.69) is 10.2 Å². The topological polar surface area (TPSA) is 58.6 Å². The van der Waals surface area contributed by atoms with E-state index in [1.807, 2.05) is 0 Å². The van der Waals surface area contributed by atoms with Crippen molar-refractivity contribution in [2.24, 2.45) is 0 Å². The summed E-state index contributed by atoms with van der Waals surface area (Å²) >= 11 is 0. The normalized spacial score (nSPS) is 14.6. The zero-order valence-corrected chi connectivity index (χ0v) is 20.1. The lowest BCUT2D eigenvalue weighted by Gasteiger charge is -2.36. The van der Waals surface area contributed by atoms with E-state index in [0.717, 1.165) is 11.1 Å². The number of carbonyl (C=O) groups is 1. The van der Waals surface area contributed by atoms with E-state index in [1.165, 1.54) is 18.2 Å². The van der Waals surface area contributed by atoms with Crippen molar-refractivity contribution in [1.29, 1.82) is 0 Å². The minimum Gasteiger partial charge on any atom is -0.444 e. The van der Waals surface area contributed by atoms with Crippen LogP contribution in [0, 0.1) is 5.82 Å². The molecule has 1 aliphatic heterocycles. The van der Waals surface area contributed by atoms with Gasteiger partial charge in [0.15, 0.2) is 11.5 Å². The number of halogens is 4. The Morgan fingerprint density at radius 1 is 0.833 bits per heavy atom. The van der Waals surface area contributed by atoms with Crippen LogP contribution in [0.1, 0.15) is 26.5 Å². The molecule has 0 N–H and O–H groups in total. The van der Waals surface area contributed by atoms with Gasteiger partial charge in [-0.25, -0.2) is 9.18 Å². The maximum absolute atomic E-state index is 13.8. The first-order chi connectivity index (χ1) is 16.9. The molecule has 4 rings (SSSR count). The number of benzene rings is 2. The summed E-state index contributed by atoms with van der Waals surface area (Å²) in [7, 11) is 0. The van der Waals surface area contributed by atoms with E-state index in [-0.39, 0.29) is 11.4 Å². The summed E-state index contributed by atoms with van der Waals surface area (Å²) in [6.45, 7) is 6.80. The SMILES string of the molecule is CC(C)(C)OC(=O)N1CCN(c2cc(-c3ccc(-c4ccc(F)cc4)cc3)c(C(F)(F)F)nn2)CC1. The minimum atomic E-state index is -4.69. The molecule has 0 saturated carbocycles. The van der Waals surface area contributed by atoms with Crippen LogP contribution in [0.2, 0.25) is 0 Å². The molecule has 2 heterocycles. The highest BCUT2D eigenvalue weighted by Gasteiger charge is 2.37. The molecule has 0 aliphatic carbocycles. The van der Waals surface area contributed by atoms with Crippen molar-refractivity contribution in [2.45, 2.75) is 32.5 Å². The highest BCUT2D eigenvalue weighted by molar-refractivity contribution is 5.74. The molecule has 3 aromatic rings. The Morgan fingerprint density at radius 3 is 1.89 bits per heavy atom. The van der Waals surface area contributed by atoms with Crippen LogP contribution in [0.25, 0.3) is 22.3 Å². The van der Waals surface area contributed by atoms with Crippen LogP contribution in [-0.4, -0.2) is 53.0 Å². The van der Waals surface area contributed by atoms with Crippen LogP contribution < -0.4 is 4.90 Å². The van der Waals surface area contributed by atoms with Gasteiger partial charge in [-0.15, -0.1) is 10.2 Å². The van der Waals surface area contributed by atoms with Crippen molar-refractivity contribution < 1.29 is 27.1 Å². The third-order valence-electron chi connectivity index (χ3n) is 5.68. The minimum absolute atomic E-state index is 0.0901. The van der Waals surface area contributed by atoms with Crippen LogP contribution in [0.4, 0.5) is 28.2 Å². The van der Waals surface area contributed by atoms with Gasteiger partial charge in [0.2, 0.25) is 0 Å². The van der Waals surface area contributed by atoms with E-state index < -0.39 is 23.6 Å². The number of hydrogen-bond acceptors (Lipinski definition) is 5. The van der Waals surface area contributed by atoms with Gasteiger partial charge >= 0.3 is 12.3 Å². The average Bonchev–Trinajstić information content (AvgIpc) is 2.83. The molecule has 190 valence electrons. The Bertz CT molecular complexity index is 1210. The predicted octanol–water partition coefficient (Wildman–Crippen LogP) is 6.03. The molecule has 6 nitrogen and oxygen atoms in total. The average molecular weight is 503 g/mol. The summed E-state index contributed by atoms with van der Waals surface area (Å²) in [5.41, 5.74) is 0.0368. The molecule has 1 aliphatic rings. The highest BCUT2D eigenvalue weighted by Crippen LogP contribution is 2.37. The molecule has 0 spiro atoms. The van der Waals surface area contributed by atoms with Crippen LogP contribution in [0.3, 0.4) is 0 Å². The molecule has 10 heteroatoms. The van der Waals surface area contributed by atoms with Crippen molar-refractivity contribution in [3.8, 4) is 22.3 Å². The van der Waals surface area contributed by atoms with Gasteiger partial charge in [-0.1, -0.05) is 36.4 Å². The highest BCUT2D eigenvalue weighted by atomic mass is 19.4. The third kappa shape index (κ3) is 5.92. The van der Waals surface area contributed by atoms with Gasteiger partial charge in [0, 0.05) is 31.7 Å². The summed E-state index contributed by atoms with van der Waals surface area (Å²) in [5, 5.41) is 7.37. The van der Waals surface area contributed by atoms with Crippen molar-refractivity contribution in [2.75, 3.05) is 31.1 Å². The van der Waals surface area contributed by atoms with Crippen LogP contribution in [-0.2, 0) is 10.9 Å². The molecule has 0 atom stereocenters. The third-order valence-corrected chi connectivity index (χ3v) is 5.68. The van der Waals surface area contributed by atoms with Crippen LogP contribution in [0.15, 0.2) is 54.6 Å². The largest absolute Gasteiger partial charge is 0.444 e. The Kier molecular flexibility index (Phi) is 6.88. The predicted molar refractivity (Wildman–Crippen MR) is 128 cm³/mol. The van der Waals surface area contributed by atoms with Gasteiger partial charge in [0.05, 0.1) is 0 Å². The maximum atomic E-state index is 13.8. The number of amides is 1. The van der Waals surface area contributed by atoms with Gasteiger partial charge in [-0.2, -0.15) is 13.2 Å². The van der Waals surface area contributed by atoms with Crippen LogP contribution >= 0.6 is 0 Å². The molecule has 0 bridgehead atoms. The summed E-state index contributed by atoms with van der Waals surface area (Å²) in [6, 6.07) is 13.8. The second kappa shape index (κ2) is 9.75. The van der Waals surface area contributed by atoms with Gasteiger partial charge in [-0.05, 0) is 55.7 Å². The molecular weight excluding hydrogens is 476 g/mol. The standard InChI is InChI=1S/C26H26F4N4O2/c1-25(2,3)36-24(35)34-14-12-33(13-15-34)22-16-21(23(32-31-22)26(28,29)30)19-6-4-17(5-7-19)18-8-10-20(27)11-9-18/h4-11,16H,12-15H2,1-3H3. The number of rotatable bonds is 3. The second-order valence-electron chi connectivity index (χ2n) is 9.50.